The Labute approximate surface area is 93.5 Å². The zero-order valence-corrected chi connectivity index (χ0v) is 10.1. The SMILES string of the molecule is CN(C)c1cc(/C=C/CN)ccc1Br. The molecule has 0 aliphatic heterocycles. The lowest BCUT2D eigenvalue weighted by atomic mass is 10.2. The molecule has 0 fully saturated rings. The van der Waals surface area contributed by atoms with Gasteiger partial charge in [-0.2, -0.15) is 0 Å². The molecule has 0 aliphatic rings. The first-order valence-electron chi connectivity index (χ1n) is 4.48. The summed E-state index contributed by atoms with van der Waals surface area (Å²) in [6.07, 6.45) is 3.97. The van der Waals surface area contributed by atoms with Crippen molar-refractivity contribution in [3.8, 4) is 0 Å². The van der Waals surface area contributed by atoms with E-state index in [0.29, 0.717) is 6.54 Å². The van der Waals surface area contributed by atoms with Gasteiger partial charge in [-0.1, -0.05) is 18.2 Å². The van der Waals surface area contributed by atoms with Gasteiger partial charge in [-0.25, -0.2) is 0 Å². The summed E-state index contributed by atoms with van der Waals surface area (Å²) in [5, 5.41) is 0. The summed E-state index contributed by atoms with van der Waals surface area (Å²) < 4.78 is 1.10. The molecule has 76 valence electrons. The Morgan fingerprint density at radius 1 is 1.43 bits per heavy atom. The van der Waals surface area contributed by atoms with Crippen LogP contribution in [0.5, 0.6) is 0 Å². The normalized spacial score (nSPS) is 10.9. The van der Waals surface area contributed by atoms with Crippen molar-refractivity contribution in [2.45, 2.75) is 0 Å². The number of hydrogen-bond acceptors (Lipinski definition) is 2. The Morgan fingerprint density at radius 3 is 2.71 bits per heavy atom. The minimum Gasteiger partial charge on any atom is -0.377 e. The van der Waals surface area contributed by atoms with Gasteiger partial charge >= 0.3 is 0 Å². The van der Waals surface area contributed by atoms with Gasteiger partial charge in [0, 0.05) is 25.1 Å². The Bertz CT molecular complexity index is 332. The van der Waals surface area contributed by atoms with Gasteiger partial charge in [0.2, 0.25) is 0 Å². The van der Waals surface area contributed by atoms with Crippen molar-refractivity contribution >= 4 is 27.7 Å². The maximum Gasteiger partial charge on any atom is 0.0511 e. The van der Waals surface area contributed by atoms with Gasteiger partial charge in [-0.3, -0.25) is 0 Å². The third-order valence-electron chi connectivity index (χ3n) is 1.90. The predicted molar refractivity (Wildman–Crippen MR) is 66.6 cm³/mol. The van der Waals surface area contributed by atoms with E-state index in [2.05, 4.69) is 33.0 Å². The summed E-state index contributed by atoms with van der Waals surface area (Å²) >= 11 is 3.51. The van der Waals surface area contributed by atoms with Gasteiger partial charge in [0.25, 0.3) is 0 Å². The van der Waals surface area contributed by atoms with Crippen molar-refractivity contribution in [2.24, 2.45) is 5.73 Å². The largest absolute Gasteiger partial charge is 0.377 e. The number of anilines is 1. The molecule has 14 heavy (non-hydrogen) atoms. The fourth-order valence-electron chi connectivity index (χ4n) is 1.18. The second kappa shape index (κ2) is 5.17. The Balaban J connectivity index is 3.00. The van der Waals surface area contributed by atoms with Crippen LogP contribution in [0.15, 0.2) is 28.7 Å². The lowest BCUT2D eigenvalue weighted by Gasteiger charge is -2.15. The molecule has 0 atom stereocenters. The fraction of sp³-hybridized carbons (Fsp3) is 0.273. The van der Waals surface area contributed by atoms with Crippen molar-refractivity contribution in [1.29, 1.82) is 0 Å². The lowest BCUT2D eigenvalue weighted by Crippen LogP contribution is -2.09. The van der Waals surface area contributed by atoms with Crippen molar-refractivity contribution < 1.29 is 0 Å². The molecule has 1 aromatic rings. The van der Waals surface area contributed by atoms with Crippen LogP contribution >= 0.6 is 15.9 Å². The van der Waals surface area contributed by atoms with Crippen LogP contribution in [0.4, 0.5) is 5.69 Å². The molecule has 0 amide bonds. The van der Waals surface area contributed by atoms with E-state index in [1.54, 1.807) is 0 Å². The van der Waals surface area contributed by atoms with Crippen LogP contribution in [0.25, 0.3) is 6.08 Å². The molecule has 0 saturated carbocycles. The molecule has 0 bridgehead atoms. The van der Waals surface area contributed by atoms with E-state index in [4.69, 9.17) is 5.73 Å². The molecule has 0 aliphatic carbocycles. The smallest absolute Gasteiger partial charge is 0.0511 e. The molecular weight excluding hydrogens is 240 g/mol. The van der Waals surface area contributed by atoms with Crippen LogP contribution in [0.1, 0.15) is 5.56 Å². The third kappa shape index (κ3) is 2.86. The van der Waals surface area contributed by atoms with E-state index in [9.17, 15) is 0 Å². The van der Waals surface area contributed by atoms with Crippen molar-refractivity contribution in [3.63, 3.8) is 0 Å². The maximum absolute atomic E-state index is 5.40. The zero-order chi connectivity index (χ0) is 10.6. The first-order chi connectivity index (χ1) is 6.65. The summed E-state index contributed by atoms with van der Waals surface area (Å²) in [6.45, 7) is 0.577. The van der Waals surface area contributed by atoms with E-state index in [1.807, 2.05) is 32.3 Å². The third-order valence-corrected chi connectivity index (χ3v) is 2.57. The average Bonchev–Trinajstić information content (AvgIpc) is 2.16. The molecule has 0 unspecified atom stereocenters. The summed E-state index contributed by atoms with van der Waals surface area (Å²) in [7, 11) is 4.05. The molecule has 0 heterocycles. The number of benzene rings is 1. The second-order valence-corrected chi connectivity index (χ2v) is 4.10. The molecule has 0 radical (unpaired) electrons. The zero-order valence-electron chi connectivity index (χ0n) is 8.50. The van der Waals surface area contributed by atoms with Crippen LogP contribution in [-0.2, 0) is 0 Å². The Kier molecular flexibility index (Phi) is 4.17. The highest BCUT2D eigenvalue weighted by Gasteiger charge is 2.01. The highest BCUT2D eigenvalue weighted by Crippen LogP contribution is 2.26. The first kappa shape index (κ1) is 11.3. The molecule has 2 nitrogen and oxygen atoms in total. The minimum absolute atomic E-state index is 0.577. The summed E-state index contributed by atoms with van der Waals surface area (Å²) in [5.41, 5.74) is 7.74. The number of rotatable bonds is 3. The summed E-state index contributed by atoms with van der Waals surface area (Å²) in [4.78, 5) is 2.07. The second-order valence-electron chi connectivity index (χ2n) is 3.24. The quantitative estimate of drug-likeness (QED) is 0.899. The van der Waals surface area contributed by atoms with Gasteiger partial charge in [-0.05, 0) is 33.6 Å². The number of nitrogens with zero attached hydrogens (tertiary/aromatic N) is 1. The number of halogens is 1. The van der Waals surface area contributed by atoms with Crippen LogP contribution in [0.2, 0.25) is 0 Å². The summed E-state index contributed by atoms with van der Waals surface area (Å²) in [6, 6.07) is 6.23. The topological polar surface area (TPSA) is 29.3 Å². The van der Waals surface area contributed by atoms with Gasteiger partial charge < -0.3 is 10.6 Å². The van der Waals surface area contributed by atoms with Gasteiger partial charge in [-0.15, -0.1) is 0 Å². The van der Waals surface area contributed by atoms with Crippen molar-refractivity contribution in [1.82, 2.24) is 0 Å². The number of hydrogen-bond donors (Lipinski definition) is 1. The van der Waals surface area contributed by atoms with E-state index >= 15 is 0 Å². The van der Waals surface area contributed by atoms with E-state index in [0.717, 1.165) is 4.47 Å². The van der Waals surface area contributed by atoms with Crippen LogP contribution in [-0.4, -0.2) is 20.6 Å². The van der Waals surface area contributed by atoms with E-state index in [1.165, 1.54) is 11.3 Å². The van der Waals surface area contributed by atoms with Crippen molar-refractivity contribution in [3.05, 3.63) is 34.3 Å². The minimum atomic E-state index is 0.577. The number of nitrogens with two attached hydrogens (primary N) is 1. The highest BCUT2D eigenvalue weighted by atomic mass is 79.9. The maximum atomic E-state index is 5.40. The predicted octanol–water partition coefficient (Wildman–Crippen LogP) is 2.49. The molecular formula is C11H15BrN2. The molecule has 0 aromatic heterocycles. The molecule has 1 rings (SSSR count). The first-order valence-corrected chi connectivity index (χ1v) is 5.28. The van der Waals surface area contributed by atoms with Crippen LogP contribution in [0.3, 0.4) is 0 Å². The molecule has 2 N–H and O–H groups in total. The van der Waals surface area contributed by atoms with E-state index < -0.39 is 0 Å². The van der Waals surface area contributed by atoms with Crippen molar-refractivity contribution in [2.75, 3.05) is 25.5 Å². The monoisotopic (exact) mass is 254 g/mol. The standard InChI is InChI=1S/C11H15BrN2/c1-14(2)11-8-9(4-3-7-13)5-6-10(11)12/h3-6,8H,7,13H2,1-2H3/b4-3+. The fourth-order valence-corrected chi connectivity index (χ4v) is 1.78. The summed E-state index contributed by atoms with van der Waals surface area (Å²) in [5.74, 6) is 0. The van der Waals surface area contributed by atoms with Crippen LogP contribution < -0.4 is 10.6 Å². The average molecular weight is 255 g/mol. The van der Waals surface area contributed by atoms with Crippen LogP contribution in [0, 0.1) is 0 Å². The molecule has 3 heteroatoms. The lowest BCUT2D eigenvalue weighted by molar-refractivity contribution is 1.12. The Morgan fingerprint density at radius 2 is 2.14 bits per heavy atom. The highest BCUT2D eigenvalue weighted by molar-refractivity contribution is 9.10. The Hall–Kier alpha value is -0.800. The molecule has 0 spiro atoms. The van der Waals surface area contributed by atoms with Gasteiger partial charge in [0.05, 0.1) is 5.69 Å². The van der Waals surface area contributed by atoms with Gasteiger partial charge in [0.1, 0.15) is 0 Å². The van der Waals surface area contributed by atoms with Gasteiger partial charge in [0.15, 0.2) is 0 Å². The van der Waals surface area contributed by atoms with E-state index in [-0.39, 0.29) is 0 Å². The molecule has 1 aromatic carbocycles. The molecule has 0 saturated heterocycles.